The summed E-state index contributed by atoms with van der Waals surface area (Å²) in [5, 5.41) is 10.7. The van der Waals surface area contributed by atoms with Crippen LogP contribution in [-0.4, -0.2) is 16.6 Å². The lowest BCUT2D eigenvalue weighted by atomic mass is 10.3. The molecule has 0 aliphatic carbocycles. The van der Waals surface area contributed by atoms with Gasteiger partial charge in [-0.3, -0.25) is 10.1 Å². The van der Waals surface area contributed by atoms with Gasteiger partial charge in [-0.1, -0.05) is 0 Å². The van der Waals surface area contributed by atoms with Crippen molar-refractivity contribution in [3.05, 3.63) is 77.4 Å². The fraction of sp³-hybridized carbons (Fsp3) is 0.0625. The highest BCUT2D eigenvalue weighted by Gasteiger charge is 2.11. The molecule has 2 aromatic carbocycles. The molecular weight excluding hydrogens is 318 g/mol. The lowest BCUT2D eigenvalue weighted by Crippen LogP contribution is -3.00. The lowest BCUT2D eigenvalue weighted by Gasteiger charge is -1.99. The van der Waals surface area contributed by atoms with E-state index >= 15 is 0 Å². The van der Waals surface area contributed by atoms with E-state index in [1.807, 2.05) is 52.1 Å². The lowest BCUT2D eigenvalue weighted by molar-refractivity contribution is -0.594. The Bertz CT molecular complexity index is 798. The van der Waals surface area contributed by atoms with E-state index in [1.165, 1.54) is 12.1 Å². The number of benzene rings is 2. The zero-order chi connectivity index (χ0) is 15.5. The molecule has 0 radical (unpaired) electrons. The molecule has 1 aromatic heterocycles. The SMILES string of the molecule is COc1ccc(-n2cc[n+](-c3ccc([N+](=O)[O-])cc3)c2)cc1.[Cl-]. The highest BCUT2D eigenvalue weighted by atomic mass is 35.5. The van der Waals surface area contributed by atoms with Gasteiger partial charge in [0.05, 0.1) is 12.0 Å². The summed E-state index contributed by atoms with van der Waals surface area (Å²) in [5.41, 5.74) is 1.94. The van der Waals surface area contributed by atoms with Gasteiger partial charge in [-0.2, -0.15) is 0 Å². The van der Waals surface area contributed by atoms with Crippen molar-refractivity contribution in [1.29, 1.82) is 0 Å². The average Bonchev–Trinajstić information content (AvgIpc) is 3.05. The number of nitro groups is 1. The summed E-state index contributed by atoms with van der Waals surface area (Å²) in [5.74, 6) is 0.805. The Kier molecular flexibility index (Phi) is 4.98. The largest absolute Gasteiger partial charge is 1.00 e. The van der Waals surface area contributed by atoms with E-state index < -0.39 is 4.92 Å². The smallest absolute Gasteiger partial charge is 0.269 e. The molecule has 0 N–H and O–H groups in total. The number of non-ortho nitro benzene ring substituents is 1. The number of halogens is 1. The van der Waals surface area contributed by atoms with Crippen molar-refractivity contribution in [3.63, 3.8) is 0 Å². The quantitative estimate of drug-likeness (QED) is 0.374. The zero-order valence-electron chi connectivity index (χ0n) is 12.3. The third-order valence-corrected chi connectivity index (χ3v) is 3.37. The molecule has 1 heterocycles. The highest BCUT2D eigenvalue weighted by molar-refractivity contribution is 5.38. The first kappa shape index (κ1) is 16.5. The minimum absolute atomic E-state index is 0. The van der Waals surface area contributed by atoms with Crippen molar-refractivity contribution >= 4 is 5.69 Å². The molecule has 7 heteroatoms. The molecule has 0 amide bonds. The van der Waals surface area contributed by atoms with Crippen LogP contribution in [0, 0.1) is 10.1 Å². The normalized spacial score (nSPS) is 9.96. The molecule has 0 saturated heterocycles. The van der Waals surface area contributed by atoms with E-state index in [2.05, 4.69) is 0 Å². The first-order valence-corrected chi connectivity index (χ1v) is 6.66. The number of methoxy groups -OCH3 is 1. The van der Waals surface area contributed by atoms with Crippen LogP contribution in [0.15, 0.2) is 67.3 Å². The summed E-state index contributed by atoms with van der Waals surface area (Å²) in [4.78, 5) is 10.3. The van der Waals surface area contributed by atoms with Gasteiger partial charge in [0.25, 0.3) is 12.0 Å². The van der Waals surface area contributed by atoms with Crippen molar-refractivity contribution in [2.24, 2.45) is 0 Å². The van der Waals surface area contributed by atoms with Gasteiger partial charge in [-0.15, -0.1) is 0 Å². The predicted molar refractivity (Wildman–Crippen MR) is 80.5 cm³/mol. The van der Waals surface area contributed by atoms with Crippen molar-refractivity contribution in [1.82, 2.24) is 4.57 Å². The van der Waals surface area contributed by atoms with Gasteiger partial charge >= 0.3 is 0 Å². The number of aromatic nitrogens is 2. The van der Waals surface area contributed by atoms with Gasteiger partial charge < -0.3 is 17.1 Å². The van der Waals surface area contributed by atoms with Crippen molar-refractivity contribution in [3.8, 4) is 17.1 Å². The standard InChI is InChI=1S/C16H14N3O3.ClH/c1-22-16-8-6-14(7-9-16)18-11-10-17(12-18)13-2-4-15(5-3-13)19(20)21;/h2-12H,1H3;1H/q+1;/p-1. The molecule has 0 bridgehead atoms. The maximum atomic E-state index is 10.7. The molecule has 0 aliphatic heterocycles. The summed E-state index contributed by atoms with van der Waals surface area (Å²) < 4.78 is 9.00. The maximum absolute atomic E-state index is 10.7. The first-order valence-electron chi connectivity index (χ1n) is 6.66. The van der Waals surface area contributed by atoms with Crippen LogP contribution in [-0.2, 0) is 0 Å². The molecule has 3 rings (SSSR count). The van der Waals surface area contributed by atoms with Gasteiger partial charge in [0.15, 0.2) is 0 Å². The van der Waals surface area contributed by atoms with Crippen LogP contribution in [0.3, 0.4) is 0 Å². The molecular formula is C16H14ClN3O3. The number of nitro benzene ring substituents is 1. The van der Waals surface area contributed by atoms with Gasteiger partial charge in [0.1, 0.15) is 29.5 Å². The Morgan fingerprint density at radius 1 is 1.09 bits per heavy atom. The summed E-state index contributed by atoms with van der Waals surface area (Å²) in [7, 11) is 1.63. The Hall–Kier alpha value is -2.86. The average molecular weight is 332 g/mol. The first-order chi connectivity index (χ1) is 10.7. The highest BCUT2D eigenvalue weighted by Crippen LogP contribution is 2.15. The number of ether oxygens (including phenoxy) is 1. The fourth-order valence-corrected chi connectivity index (χ4v) is 2.16. The van der Waals surface area contributed by atoms with Crippen molar-refractivity contribution < 1.29 is 26.6 Å². The van der Waals surface area contributed by atoms with E-state index in [4.69, 9.17) is 4.74 Å². The predicted octanol–water partition coefficient (Wildman–Crippen LogP) is -0.325. The second kappa shape index (κ2) is 6.93. The number of hydrogen-bond acceptors (Lipinski definition) is 3. The van der Waals surface area contributed by atoms with Gasteiger partial charge in [0, 0.05) is 12.1 Å². The van der Waals surface area contributed by atoms with Crippen LogP contribution in [0.1, 0.15) is 0 Å². The van der Waals surface area contributed by atoms with Gasteiger partial charge in [0.2, 0.25) is 0 Å². The number of imidazole rings is 1. The molecule has 23 heavy (non-hydrogen) atoms. The zero-order valence-corrected chi connectivity index (χ0v) is 13.1. The van der Waals surface area contributed by atoms with Crippen molar-refractivity contribution in [2.45, 2.75) is 0 Å². The second-order valence-electron chi connectivity index (χ2n) is 4.70. The topological polar surface area (TPSA) is 61.2 Å². The monoisotopic (exact) mass is 331 g/mol. The van der Waals surface area contributed by atoms with E-state index in [0.717, 1.165) is 17.1 Å². The molecule has 0 atom stereocenters. The minimum atomic E-state index is -0.406. The van der Waals surface area contributed by atoms with Crippen LogP contribution >= 0.6 is 0 Å². The Labute approximate surface area is 139 Å². The molecule has 0 saturated carbocycles. The molecule has 0 aliphatic rings. The molecule has 6 nitrogen and oxygen atoms in total. The van der Waals surface area contributed by atoms with Crippen LogP contribution in [0.4, 0.5) is 5.69 Å². The van der Waals surface area contributed by atoms with Gasteiger partial charge in [-0.05, 0) is 36.4 Å². The van der Waals surface area contributed by atoms with E-state index in [-0.39, 0.29) is 18.1 Å². The summed E-state index contributed by atoms with van der Waals surface area (Å²) >= 11 is 0. The van der Waals surface area contributed by atoms with E-state index in [1.54, 1.807) is 19.2 Å². The Morgan fingerprint density at radius 3 is 2.30 bits per heavy atom. The fourth-order valence-electron chi connectivity index (χ4n) is 2.16. The van der Waals surface area contributed by atoms with Crippen LogP contribution in [0.2, 0.25) is 0 Å². The molecule has 118 valence electrons. The molecule has 0 spiro atoms. The van der Waals surface area contributed by atoms with Crippen LogP contribution < -0.4 is 21.7 Å². The minimum Gasteiger partial charge on any atom is -1.00 e. The second-order valence-corrected chi connectivity index (χ2v) is 4.70. The van der Waals surface area contributed by atoms with Crippen LogP contribution in [0.5, 0.6) is 5.75 Å². The van der Waals surface area contributed by atoms with E-state index in [0.29, 0.717) is 0 Å². The van der Waals surface area contributed by atoms with Crippen LogP contribution in [0.25, 0.3) is 11.4 Å². The third-order valence-electron chi connectivity index (χ3n) is 3.37. The summed E-state index contributed by atoms with van der Waals surface area (Å²) in [6.07, 6.45) is 5.72. The molecule has 0 fully saturated rings. The Morgan fingerprint density at radius 2 is 1.74 bits per heavy atom. The molecule has 0 unspecified atom stereocenters. The Balaban J connectivity index is 0.00000192. The summed E-state index contributed by atoms with van der Waals surface area (Å²) in [6.45, 7) is 0. The maximum Gasteiger partial charge on any atom is 0.269 e. The third kappa shape index (κ3) is 3.49. The number of hydrogen-bond donors (Lipinski definition) is 0. The number of nitrogens with zero attached hydrogens (tertiary/aromatic N) is 3. The number of rotatable bonds is 4. The van der Waals surface area contributed by atoms with Gasteiger partial charge in [-0.25, -0.2) is 9.13 Å². The molecule has 3 aromatic rings. The summed E-state index contributed by atoms with van der Waals surface area (Å²) in [6, 6.07) is 14.1. The van der Waals surface area contributed by atoms with E-state index in [9.17, 15) is 10.1 Å². The van der Waals surface area contributed by atoms with Crippen molar-refractivity contribution in [2.75, 3.05) is 7.11 Å².